The summed E-state index contributed by atoms with van der Waals surface area (Å²) >= 11 is 3.57. The summed E-state index contributed by atoms with van der Waals surface area (Å²) in [7, 11) is 0. The highest BCUT2D eigenvalue weighted by molar-refractivity contribution is 9.10. The molecule has 5 rings (SSSR count). The van der Waals surface area contributed by atoms with Gasteiger partial charge in [0.2, 0.25) is 5.91 Å². The van der Waals surface area contributed by atoms with Gasteiger partial charge in [0.25, 0.3) is 0 Å². The second-order valence-corrected chi connectivity index (χ2v) is 7.68. The number of amides is 1. The first-order chi connectivity index (χ1) is 12.6. The van der Waals surface area contributed by atoms with E-state index in [9.17, 15) is 4.79 Å². The van der Waals surface area contributed by atoms with Crippen molar-refractivity contribution in [3.05, 3.63) is 41.4 Å². The summed E-state index contributed by atoms with van der Waals surface area (Å²) in [6, 6.07) is 1.80. The number of H-pyrrole nitrogens is 1. The lowest BCUT2D eigenvalue weighted by molar-refractivity contribution is -0.122. The largest absolute Gasteiger partial charge is 0.472 e. The number of pyridine rings is 1. The molecule has 8 heteroatoms. The van der Waals surface area contributed by atoms with E-state index in [0.717, 1.165) is 27.7 Å². The topological polar surface area (TPSA) is 110 Å². The molecule has 0 radical (unpaired) electrons. The fourth-order valence-corrected chi connectivity index (χ4v) is 4.60. The second kappa shape index (κ2) is 5.70. The maximum absolute atomic E-state index is 12.0. The fraction of sp³-hybridized carbons (Fsp3) is 0.278. The molecule has 4 N–H and O–H groups in total. The van der Waals surface area contributed by atoms with Gasteiger partial charge in [-0.3, -0.25) is 4.79 Å². The number of rotatable bonds is 4. The highest BCUT2D eigenvalue weighted by Gasteiger charge is 2.47. The van der Waals surface area contributed by atoms with Crippen LogP contribution >= 0.6 is 15.9 Å². The minimum absolute atomic E-state index is 0.0370. The Morgan fingerprint density at radius 3 is 3.00 bits per heavy atom. The molecule has 1 saturated carbocycles. The van der Waals surface area contributed by atoms with Crippen LogP contribution in [0.2, 0.25) is 0 Å². The highest BCUT2D eigenvalue weighted by atomic mass is 79.9. The number of carbonyl (C=O) groups is 1. The lowest BCUT2D eigenvalue weighted by Gasteiger charge is -2.28. The molecule has 2 bridgehead atoms. The summed E-state index contributed by atoms with van der Waals surface area (Å²) in [4.78, 5) is 24.2. The number of halogens is 1. The number of nitrogens with one attached hydrogen (secondary N) is 2. The summed E-state index contributed by atoms with van der Waals surface area (Å²) in [5, 5.41) is 3.54. The van der Waals surface area contributed by atoms with Gasteiger partial charge >= 0.3 is 0 Å². The van der Waals surface area contributed by atoms with E-state index in [0.29, 0.717) is 17.4 Å². The van der Waals surface area contributed by atoms with E-state index in [2.05, 4.69) is 48.4 Å². The monoisotopic (exact) mass is 413 g/mol. The van der Waals surface area contributed by atoms with E-state index < -0.39 is 0 Å². The number of primary amides is 1. The third-order valence-corrected chi connectivity index (χ3v) is 5.97. The van der Waals surface area contributed by atoms with Crippen LogP contribution in [0.1, 0.15) is 6.42 Å². The quantitative estimate of drug-likeness (QED) is 0.569. The van der Waals surface area contributed by atoms with Crippen LogP contribution in [0.3, 0.4) is 0 Å². The minimum atomic E-state index is -0.260. The van der Waals surface area contributed by atoms with Gasteiger partial charge < -0.3 is 20.5 Å². The van der Waals surface area contributed by atoms with Crippen molar-refractivity contribution in [1.82, 2.24) is 15.0 Å². The van der Waals surface area contributed by atoms with E-state index in [1.54, 1.807) is 18.7 Å². The fourth-order valence-electron chi connectivity index (χ4n) is 4.18. The lowest BCUT2D eigenvalue weighted by atomic mass is 9.88. The van der Waals surface area contributed by atoms with Gasteiger partial charge in [-0.2, -0.15) is 0 Å². The van der Waals surface area contributed by atoms with E-state index in [4.69, 9.17) is 10.2 Å². The average molecular weight is 414 g/mol. The van der Waals surface area contributed by atoms with E-state index in [-0.39, 0.29) is 23.8 Å². The Labute approximate surface area is 157 Å². The Balaban J connectivity index is 1.57. The summed E-state index contributed by atoms with van der Waals surface area (Å²) in [5.74, 6) is 0.723. The summed E-state index contributed by atoms with van der Waals surface area (Å²) < 4.78 is 5.94. The Morgan fingerprint density at radius 1 is 1.38 bits per heavy atom. The van der Waals surface area contributed by atoms with Crippen LogP contribution in [0.4, 0.5) is 5.69 Å². The molecule has 2 aliphatic carbocycles. The van der Waals surface area contributed by atoms with Gasteiger partial charge in [-0.05, 0) is 40.3 Å². The van der Waals surface area contributed by atoms with Crippen LogP contribution in [0, 0.1) is 17.8 Å². The Hall–Kier alpha value is -2.61. The van der Waals surface area contributed by atoms with Gasteiger partial charge in [0.1, 0.15) is 17.6 Å². The van der Waals surface area contributed by atoms with Crippen molar-refractivity contribution >= 4 is 38.7 Å². The Morgan fingerprint density at radius 2 is 2.23 bits per heavy atom. The molecule has 26 heavy (non-hydrogen) atoms. The van der Waals surface area contributed by atoms with Crippen molar-refractivity contribution in [1.29, 1.82) is 0 Å². The number of hydrogen-bond acceptors (Lipinski definition) is 5. The predicted molar refractivity (Wildman–Crippen MR) is 100 cm³/mol. The van der Waals surface area contributed by atoms with Crippen molar-refractivity contribution in [2.75, 3.05) is 5.32 Å². The van der Waals surface area contributed by atoms with Crippen molar-refractivity contribution in [3.63, 3.8) is 0 Å². The molecular formula is C18H16BrN5O2. The van der Waals surface area contributed by atoms with Crippen LogP contribution in [-0.4, -0.2) is 26.9 Å². The molecule has 3 aromatic heterocycles. The number of nitrogens with two attached hydrogens (primary N) is 1. The van der Waals surface area contributed by atoms with Crippen molar-refractivity contribution in [2.24, 2.45) is 23.5 Å². The van der Waals surface area contributed by atoms with Crippen LogP contribution < -0.4 is 11.1 Å². The summed E-state index contributed by atoms with van der Waals surface area (Å²) in [6.45, 7) is 0. The Bertz CT molecular complexity index is 1030. The average Bonchev–Trinajstić information content (AvgIpc) is 3.39. The van der Waals surface area contributed by atoms with Gasteiger partial charge in [-0.1, -0.05) is 12.2 Å². The SMILES string of the molecule is NC(=O)C1C2C=CC(C2)C1Nc1c(Br)cnc2nc(-c3ccoc3)[nH]c12. The number of fused-ring (bicyclic) bond motifs is 3. The first-order valence-electron chi connectivity index (χ1n) is 8.43. The number of hydrogen-bond donors (Lipinski definition) is 3. The molecule has 0 aromatic carbocycles. The minimum Gasteiger partial charge on any atom is -0.472 e. The van der Waals surface area contributed by atoms with Crippen molar-refractivity contribution in [3.8, 4) is 11.4 Å². The van der Waals surface area contributed by atoms with Crippen LogP contribution in [-0.2, 0) is 4.79 Å². The number of allylic oxidation sites excluding steroid dienone is 1. The van der Waals surface area contributed by atoms with Gasteiger partial charge in [0.15, 0.2) is 5.65 Å². The van der Waals surface area contributed by atoms with Crippen molar-refractivity contribution < 1.29 is 9.21 Å². The summed E-state index contributed by atoms with van der Waals surface area (Å²) in [6.07, 6.45) is 10.2. The van der Waals surface area contributed by atoms with Crippen molar-refractivity contribution in [2.45, 2.75) is 12.5 Å². The van der Waals surface area contributed by atoms with Gasteiger partial charge in [-0.25, -0.2) is 9.97 Å². The van der Waals surface area contributed by atoms with E-state index in [1.165, 1.54) is 0 Å². The number of imidazole rings is 1. The maximum Gasteiger partial charge on any atom is 0.223 e. The maximum atomic E-state index is 12.0. The summed E-state index contributed by atoms with van der Waals surface area (Å²) in [5.41, 5.74) is 8.75. The van der Waals surface area contributed by atoms with Crippen LogP contribution in [0.15, 0.2) is 45.8 Å². The standard InChI is InChI=1S/C18H16BrN5O2/c19-11-6-21-18-15(23-17(24-18)10-3-4-26-7-10)14(11)22-13-9-2-1-8(5-9)12(13)16(20)25/h1-4,6-9,12-13H,5H2,(H2,20,25)(H2,21,22,23,24). The first kappa shape index (κ1) is 15.6. The number of aromatic amines is 1. The molecule has 0 saturated heterocycles. The molecule has 1 amide bonds. The van der Waals surface area contributed by atoms with Gasteiger partial charge in [-0.15, -0.1) is 0 Å². The second-order valence-electron chi connectivity index (χ2n) is 6.82. The number of carbonyl (C=O) groups excluding carboxylic acids is 1. The molecule has 7 nitrogen and oxygen atoms in total. The molecule has 0 aliphatic heterocycles. The highest BCUT2D eigenvalue weighted by Crippen LogP contribution is 2.46. The number of furan rings is 1. The first-order valence-corrected chi connectivity index (χ1v) is 9.22. The molecule has 3 heterocycles. The molecule has 0 spiro atoms. The third-order valence-electron chi connectivity index (χ3n) is 5.37. The predicted octanol–water partition coefficient (Wildman–Crippen LogP) is 3.07. The zero-order chi connectivity index (χ0) is 17.8. The number of anilines is 1. The zero-order valence-corrected chi connectivity index (χ0v) is 15.2. The molecule has 1 fully saturated rings. The number of nitrogens with zero attached hydrogens (tertiary/aromatic N) is 2. The smallest absolute Gasteiger partial charge is 0.223 e. The zero-order valence-electron chi connectivity index (χ0n) is 13.6. The van der Waals surface area contributed by atoms with Crippen LogP contribution in [0.5, 0.6) is 0 Å². The molecule has 2 aliphatic rings. The normalized spacial score (nSPS) is 26.7. The van der Waals surface area contributed by atoms with Gasteiger partial charge in [0, 0.05) is 12.2 Å². The Kier molecular flexibility index (Phi) is 3.43. The molecule has 4 atom stereocenters. The molecule has 4 unspecified atom stereocenters. The molecule has 132 valence electrons. The van der Waals surface area contributed by atoms with E-state index >= 15 is 0 Å². The van der Waals surface area contributed by atoms with E-state index in [1.807, 2.05) is 6.07 Å². The molecular weight excluding hydrogens is 398 g/mol. The number of aromatic nitrogens is 3. The lowest BCUT2D eigenvalue weighted by Crippen LogP contribution is -2.41. The molecule has 3 aromatic rings. The third kappa shape index (κ3) is 2.28. The van der Waals surface area contributed by atoms with Gasteiger partial charge in [0.05, 0.1) is 27.9 Å². The van der Waals surface area contributed by atoms with Crippen LogP contribution in [0.25, 0.3) is 22.6 Å².